The fourth-order valence-electron chi connectivity index (χ4n) is 2.54. The zero-order chi connectivity index (χ0) is 11.2. The molecule has 3 N–H and O–H groups in total. The molecule has 0 unspecified atom stereocenters. The van der Waals surface area contributed by atoms with E-state index >= 15 is 0 Å². The second-order valence-corrected chi connectivity index (χ2v) is 4.69. The largest absolute Gasteiger partial charge is 0.344 e. The number of fused-ring (bicyclic) bond motifs is 2. The first-order valence-corrected chi connectivity index (χ1v) is 6.02. The van der Waals surface area contributed by atoms with Gasteiger partial charge >= 0.3 is 0 Å². The van der Waals surface area contributed by atoms with E-state index in [1.54, 1.807) is 0 Å². The first-order valence-electron chi connectivity index (χ1n) is 6.02. The van der Waals surface area contributed by atoms with Gasteiger partial charge in [-0.3, -0.25) is 0 Å². The summed E-state index contributed by atoms with van der Waals surface area (Å²) >= 11 is 0. The molecule has 88 valence electrons. The Bertz CT molecular complexity index is 723. The highest BCUT2D eigenvalue weighted by atomic mass is 14.2. The first-order chi connectivity index (χ1) is 8.42. The van der Waals surface area contributed by atoms with Crippen molar-refractivity contribution in [3.63, 3.8) is 0 Å². The summed E-state index contributed by atoms with van der Waals surface area (Å²) in [4.78, 5) is 0. The van der Waals surface area contributed by atoms with Crippen LogP contribution < -0.4 is 6.15 Å². The van der Waals surface area contributed by atoms with Crippen LogP contribution >= 0.6 is 0 Å². The van der Waals surface area contributed by atoms with E-state index in [4.69, 9.17) is 0 Å². The van der Waals surface area contributed by atoms with Gasteiger partial charge in [0.05, 0.1) is 0 Å². The molecule has 3 aromatic rings. The normalized spacial score (nSPS) is 11.8. The Morgan fingerprint density at radius 3 is 2.44 bits per heavy atom. The van der Waals surface area contributed by atoms with Crippen LogP contribution in [-0.2, 0) is 6.42 Å². The van der Waals surface area contributed by atoms with E-state index in [1.807, 2.05) is 0 Å². The fourth-order valence-corrected chi connectivity index (χ4v) is 2.54. The third-order valence-corrected chi connectivity index (χ3v) is 3.56. The molecule has 1 aliphatic carbocycles. The van der Waals surface area contributed by atoms with Crippen LogP contribution in [0.5, 0.6) is 0 Å². The van der Waals surface area contributed by atoms with Crippen molar-refractivity contribution in [2.45, 2.75) is 6.42 Å². The molecular formula is C17H15N. The number of rotatable bonds is 1. The molecule has 1 aliphatic rings. The van der Waals surface area contributed by atoms with Crippen LogP contribution in [-0.4, -0.2) is 0 Å². The Morgan fingerprint density at radius 2 is 1.56 bits per heavy atom. The van der Waals surface area contributed by atoms with Gasteiger partial charge in [-0.25, -0.2) is 0 Å². The molecule has 0 radical (unpaired) electrons. The first kappa shape index (κ1) is 11.0. The van der Waals surface area contributed by atoms with Crippen LogP contribution in [0.15, 0.2) is 60.7 Å². The van der Waals surface area contributed by atoms with Gasteiger partial charge in [0.25, 0.3) is 0 Å². The molecule has 0 atom stereocenters. The molecule has 0 saturated heterocycles. The van der Waals surface area contributed by atoms with Crippen molar-refractivity contribution in [1.82, 2.24) is 6.15 Å². The Hall–Kier alpha value is -2.12. The lowest BCUT2D eigenvalue weighted by Crippen LogP contribution is -1.80. The zero-order valence-corrected chi connectivity index (χ0v) is 10.2. The SMILES string of the molecule is N.c1ccc2c(-c3ccc4c(c3)C4)cccc2c1. The van der Waals surface area contributed by atoms with Crippen LogP contribution in [0.1, 0.15) is 11.1 Å². The maximum atomic E-state index is 2.33. The molecule has 1 nitrogen and oxygen atoms in total. The molecule has 4 rings (SSSR count). The van der Waals surface area contributed by atoms with Crippen molar-refractivity contribution in [3.8, 4) is 11.1 Å². The van der Waals surface area contributed by atoms with Gasteiger partial charge in [0, 0.05) is 0 Å². The van der Waals surface area contributed by atoms with E-state index in [2.05, 4.69) is 60.7 Å². The molecule has 0 spiro atoms. The highest BCUT2D eigenvalue weighted by Gasteiger charge is 2.16. The van der Waals surface area contributed by atoms with Crippen molar-refractivity contribution in [3.05, 3.63) is 71.8 Å². The van der Waals surface area contributed by atoms with Crippen LogP contribution in [0.25, 0.3) is 21.9 Å². The van der Waals surface area contributed by atoms with E-state index in [0.29, 0.717) is 0 Å². The van der Waals surface area contributed by atoms with E-state index in [1.165, 1.54) is 39.4 Å². The monoisotopic (exact) mass is 233 g/mol. The van der Waals surface area contributed by atoms with Gasteiger partial charge in [-0.2, -0.15) is 0 Å². The van der Waals surface area contributed by atoms with Crippen molar-refractivity contribution in [1.29, 1.82) is 0 Å². The molecule has 1 heteroatoms. The topological polar surface area (TPSA) is 35.0 Å². The van der Waals surface area contributed by atoms with Crippen LogP contribution in [0.3, 0.4) is 0 Å². The van der Waals surface area contributed by atoms with Crippen molar-refractivity contribution < 1.29 is 0 Å². The molecule has 0 amide bonds. The summed E-state index contributed by atoms with van der Waals surface area (Å²) in [7, 11) is 0. The van der Waals surface area contributed by atoms with Gasteiger partial charge in [0.2, 0.25) is 0 Å². The Labute approximate surface area is 107 Å². The Kier molecular flexibility index (Phi) is 2.42. The average molecular weight is 233 g/mol. The van der Waals surface area contributed by atoms with Gasteiger partial charge in [-0.05, 0) is 39.4 Å². The molecule has 0 heterocycles. The minimum atomic E-state index is 0. The summed E-state index contributed by atoms with van der Waals surface area (Å²) < 4.78 is 0. The predicted molar refractivity (Wildman–Crippen MR) is 77.2 cm³/mol. The van der Waals surface area contributed by atoms with Crippen LogP contribution in [0, 0.1) is 0 Å². The fraction of sp³-hybridized carbons (Fsp3) is 0.0588. The minimum absolute atomic E-state index is 0. The average Bonchev–Trinajstić information content (AvgIpc) is 3.16. The van der Waals surface area contributed by atoms with E-state index in [0.717, 1.165) is 0 Å². The second kappa shape index (κ2) is 3.97. The van der Waals surface area contributed by atoms with Crippen molar-refractivity contribution in [2.24, 2.45) is 0 Å². The Morgan fingerprint density at radius 1 is 0.722 bits per heavy atom. The third-order valence-electron chi connectivity index (χ3n) is 3.56. The molecule has 0 bridgehead atoms. The highest BCUT2D eigenvalue weighted by molar-refractivity contribution is 5.96. The summed E-state index contributed by atoms with van der Waals surface area (Å²) in [6, 6.07) is 21.9. The summed E-state index contributed by atoms with van der Waals surface area (Å²) in [5, 5.41) is 2.66. The lowest BCUT2D eigenvalue weighted by molar-refractivity contribution is 1.61. The number of benzene rings is 3. The Balaban J connectivity index is 0.000001000. The molecular weight excluding hydrogens is 218 g/mol. The standard InChI is InChI=1S/C17H12.H3N/c1-2-6-16-12(4-1)5-3-7-17(16)14-9-8-13-10-15(13)11-14;/h1-9,11H,10H2;1H3. The smallest absolute Gasteiger partial charge is 0.00198 e. The second-order valence-electron chi connectivity index (χ2n) is 4.69. The van der Waals surface area contributed by atoms with E-state index in [9.17, 15) is 0 Å². The summed E-state index contributed by atoms with van der Waals surface area (Å²) in [6.07, 6.45) is 1.19. The van der Waals surface area contributed by atoms with Crippen LogP contribution in [0.4, 0.5) is 0 Å². The lowest BCUT2D eigenvalue weighted by atomic mass is 9.98. The summed E-state index contributed by atoms with van der Waals surface area (Å²) in [6.45, 7) is 0. The molecule has 18 heavy (non-hydrogen) atoms. The summed E-state index contributed by atoms with van der Waals surface area (Å²) in [5.41, 5.74) is 5.71. The van der Waals surface area contributed by atoms with Gasteiger partial charge in [0.1, 0.15) is 0 Å². The predicted octanol–water partition coefficient (Wildman–Crippen LogP) is 4.57. The van der Waals surface area contributed by atoms with E-state index in [-0.39, 0.29) is 6.15 Å². The number of hydrogen-bond donors (Lipinski definition) is 1. The zero-order valence-electron chi connectivity index (χ0n) is 10.2. The maximum Gasteiger partial charge on any atom is -0.00198 e. The van der Waals surface area contributed by atoms with Crippen molar-refractivity contribution in [2.75, 3.05) is 0 Å². The minimum Gasteiger partial charge on any atom is -0.344 e. The van der Waals surface area contributed by atoms with Gasteiger partial charge < -0.3 is 6.15 Å². The quantitative estimate of drug-likeness (QED) is 0.513. The molecule has 0 saturated carbocycles. The molecule has 0 fully saturated rings. The van der Waals surface area contributed by atoms with E-state index < -0.39 is 0 Å². The van der Waals surface area contributed by atoms with Gasteiger partial charge in [-0.15, -0.1) is 0 Å². The molecule has 0 aliphatic heterocycles. The highest BCUT2D eigenvalue weighted by Crippen LogP contribution is 2.35. The van der Waals surface area contributed by atoms with Crippen molar-refractivity contribution >= 4 is 10.8 Å². The summed E-state index contributed by atoms with van der Waals surface area (Å²) in [5.74, 6) is 0. The molecule has 3 aromatic carbocycles. The molecule has 0 aromatic heterocycles. The van der Waals surface area contributed by atoms with Gasteiger partial charge in [0.15, 0.2) is 0 Å². The third kappa shape index (κ3) is 1.60. The lowest BCUT2D eigenvalue weighted by Gasteiger charge is -2.06. The van der Waals surface area contributed by atoms with Crippen LogP contribution in [0.2, 0.25) is 0 Å². The number of hydrogen-bond acceptors (Lipinski definition) is 1. The maximum absolute atomic E-state index is 2.33. The van der Waals surface area contributed by atoms with Gasteiger partial charge in [-0.1, -0.05) is 60.7 Å².